The average molecular weight is 208 g/mol. The van der Waals surface area contributed by atoms with E-state index in [-0.39, 0.29) is 0 Å². The van der Waals surface area contributed by atoms with Crippen molar-refractivity contribution in [3.63, 3.8) is 0 Å². The van der Waals surface area contributed by atoms with Gasteiger partial charge in [0.05, 0.1) is 18.9 Å². The third-order valence-corrected chi connectivity index (χ3v) is 2.76. The van der Waals surface area contributed by atoms with Crippen LogP contribution < -0.4 is 4.74 Å². The second-order valence-corrected chi connectivity index (χ2v) is 4.02. The number of aliphatic hydroxyl groups excluding tert-OH is 1. The van der Waals surface area contributed by atoms with Crippen molar-refractivity contribution in [3.05, 3.63) is 18.1 Å². The Bertz CT molecular complexity index is 326. The van der Waals surface area contributed by atoms with Gasteiger partial charge in [-0.3, -0.25) is 0 Å². The highest BCUT2D eigenvalue weighted by Gasteiger charge is 2.22. The SMILES string of the molecule is COc1cc(C(O)CCC2CC2)ncn1. The van der Waals surface area contributed by atoms with Crippen molar-refractivity contribution in [2.45, 2.75) is 31.8 Å². The van der Waals surface area contributed by atoms with Gasteiger partial charge in [0.25, 0.3) is 0 Å². The van der Waals surface area contributed by atoms with Gasteiger partial charge in [0, 0.05) is 6.07 Å². The number of rotatable bonds is 5. The lowest BCUT2D eigenvalue weighted by molar-refractivity contribution is 0.157. The molecular weight excluding hydrogens is 192 g/mol. The molecule has 1 aliphatic rings. The van der Waals surface area contributed by atoms with E-state index in [1.807, 2.05) is 0 Å². The summed E-state index contributed by atoms with van der Waals surface area (Å²) in [5.74, 6) is 1.34. The van der Waals surface area contributed by atoms with E-state index in [1.54, 1.807) is 13.2 Å². The second kappa shape index (κ2) is 4.57. The monoisotopic (exact) mass is 208 g/mol. The van der Waals surface area contributed by atoms with Gasteiger partial charge in [-0.25, -0.2) is 9.97 Å². The van der Waals surface area contributed by atoms with Crippen LogP contribution in [0.2, 0.25) is 0 Å². The van der Waals surface area contributed by atoms with Gasteiger partial charge in [-0.2, -0.15) is 0 Å². The zero-order valence-electron chi connectivity index (χ0n) is 8.89. The van der Waals surface area contributed by atoms with Crippen molar-refractivity contribution in [1.29, 1.82) is 0 Å². The largest absolute Gasteiger partial charge is 0.481 e. The van der Waals surface area contributed by atoms with Crippen LogP contribution in [0.5, 0.6) is 5.88 Å². The molecule has 0 amide bonds. The van der Waals surface area contributed by atoms with Crippen LogP contribution in [0.4, 0.5) is 0 Å². The Morgan fingerprint density at radius 3 is 3.00 bits per heavy atom. The molecule has 15 heavy (non-hydrogen) atoms. The van der Waals surface area contributed by atoms with E-state index in [0.29, 0.717) is 11.6 Å². The fraction of sp³-hybridized carbons (Fsp3) is 0.636. The minimum atomic E-state index is -0.484. The molecule has 1 aromatic heterocycles. The first-order valence-corrected chi connectivity index (χ1v) is 5.33. The van der Waals surface area contributed by atoms with Gasteiger partial charge in [0.1, 0.15) is 6.33 Å². The Kier molecular flexibility index (Phi) is 3.16. The standard InChI is InChI=1S/C11H16N2O2/c1-15-11-6-9(12-7-13-11)10(14)5-4-8-2-3-8/h6-8,10,14H,2-5H2,1H3. The summed E-state index contributed by atoms with van der Waals surface area (Å²) in [5.41, 5.74) is 0.655. The Morgan fingerprint density at radius 1 is 1.53 bits per heavy atom. The Morgan fingerprint density at radius 2 is 2.33 bits per heavy atom. The minimum Gasteiger partial charge on any atom is -0.481 e. The first-order chi connectivity index (χ1) is 7.29. The van der Waals surface area contributed by atoms with Crippen LogP contribution in [0.3, 0.4) is 0 Å². The number of aromatic nitrogens is 2. The normalized spacial score (nSPS) is 17.5. The van der Waals surface area contributed by atoms with Crippen LogP contribution in [0, 0.1) is 5.92 Å². The molecule has 2 rings (SSSR count). The lowest BCUT2D eigenvalue weighted by Crippen LogP contribution is -2.02. The summed E-state index contributed by atoms with van der Waals surface area (Å²) in [4.78, 5) is 7.95. The molecule has 1 heterocycles. The van der Waals surface area contributed by atoms with Gasteiger partial charge < -0.3 is 9.84 Å². The molecule has 0 radical (unpaired) electrons. The number of hydrogen-bond acceptors (Lipinski definition) is 4. The molecule has 0 bridgehead atoms. The van der Waals surface area contributed by atoms with E-state index in [0.717, 1.165) is 18.8 Å². The second-order valence-electron chi connectivity index (χ2n) is 4.02. The molecule has 1 aromatic rings. The van der Waals surface area contributed by atoms with Gasteiger partial charge in [0.15, 0.2) is 0 Å². The molecule has 0 saturated heterocycles. The Labute approximate surface area is 89.3 Å². The summed E-state index contributed by atoms with van der Waals surface area (Å²) >= 11 is 0. The Balaban J connectivity index is 1.93. The van der Waals surface area contributed by atoms with E-state index >= 15 is 0 Å². The van der Waals surface area contributed by atoms with Crippen molar-refractivity contribution >= 4 is 0 Å². The van der Waals surface area contributed by atoms with Crippen molar-refractivity contribution in [2.24, 2.45) is 5.92 Å². The predicted octanol–water partition coefficient (Wildman–Crippen LogP) is 1.71. The Hall–Kier alpha value is -1.16. The summed E-state index contributed by atoms with van der Waals surface area (Å²) in [5, 5.41) is 9.87. The highest BCUT2D eigenvalue weighted by Crippen LogP contribution is 2.35. The zero-order chi connectivity index (χ0) is 10.7. The van der Waals surface area contributed by atoms with Crippen molar-refractivity contribution in [3.8, 4) is 5.88 Å². The molecule has 1 fully saturated rings. The summed E-state index contributed by atoms with van der Waals surface area (Å²) in [6.07, 6.45) is 5.45. The zero-order valence-corrected chi connectivity index (χ0v) is 8.89. The highest BCUT2D eigenvalue weighted by atomic mass is 16.5. The van der Waals surface area contributed by atoms with Gasteiger partial charge in [0.2, 0.25) is 5.88 Å². The number of methoxy groups -OCH3 is 1. The fourth-order valence-electron chi connectivity index (χ4n) is 1.60. The van der Waals surface area contributed by atoms with E-state index < -0.39 is 6.10 Å². The van der Waals surface area contributed by atoms with Crippen molar-refractivity contribution < 1.29 is 9.84 Å². The van der Waals surface area contributed by atoms with Crippen LogP contribution in [0.25, 0.3) is 0 Å². The smallest absolute Gasteiger partial charge is 0.216 e. The predicted molar refractivity (Wildman–Crippen MR) is 55.5 cm³/mol. The van der Waals surface area contributed by atoms with Gasteiger partial charge in [-0.05, 0) is 18.8 Å². The van der Waals surface area contributed by atoms with Gasteiger partial charge in [-0.15, -0.1) is 0 Å². The lowest BCUT2D eigenvalue weighted by atomic mass is 10.1. The first kappa shape index (κ1) is 10.4. The summed E-state index contributed by atoms with van der Waals surface area (Å²) in [6.45, 7) is 0. The topological polar surface area (TPSA) is 55.2 Å². The number of aliphatic hydroxyl groups is 1. The maximum Gasteiger partial charge on any atom is 0.216 e. The van der Waals surface area contributed by atoms with Crippen LogP contribution in [0.1, 0.15) is 37.5 Å². The molecule has 4 nitrogen and oxygen atoms in total. The molecule has 82 valence electrons. The molecule has 0 aromatic carbocycles. The van der Waals surface area contributed by atoms with Crippen molar-refractivity contribution in [2.75, 3.05) is 7.11 Å². The van der Waals surface area contributed by atoms with Crippen LogP contribution in [0.15, 0.2) is 12.4 Å². The van der Waals surface area contributed by atoms with E-state index in [9.17, 15) is 5.11 Å². The van der Waals surface area contributed by atoms with Crippen LogP contribution in [-0.2, 0) is 0 Å². The maximum absolute atomic E-state index is 9.87. The van der Waals surface area contributed by atoms with Gasteiger partial charge >= 0.3 is 0 Å². The molecule has 1 atom stereocenters. The molecule has 1 aliphatic carbocycles. The summed E-state index contributed by atoms with van der Waals surface area (Å²) in [7, 11) is 1.56. The molecule has 1 saturated carbocycles. The summed E-state index contributed by atoms with van der Waals surface area (Å²) in [6, 6.07) is 1.69. The minimum absolute atomic E-state index is 0.484. The lowest BCUT2D eigenvalue weighted by Gasteiger charge is -2.09. The average Bonchev–Trinajstić information content (AvgIpc) is 3.10. The number of hydrogen-bond donors (Lipinski definition) is 1. The third-order valence-electron chi connectivity index (χ3n) is 2.76. The van der Waals surface area contributed by atoms with Crippen LogP contribution >= 0.6 is 0 Å². The molecule has 4 heteroatoms. The third kappa shape index (κ3) is 2.89. The van der Waals surface area contributed by atoms with E-state index in [4.69, 9.17) is 4.74 Å². The number of ether oxygens (including phenoxy) is 1. The number of nitrogens with zero attached hydrogens (tertiary/aromatic N) is 2. The van der Waals surface area contributed by atoms with Crippen molar-refractivity contribution in [1.82, 2.24) is 9.97 Å². The summed E-state index contributed by atoms with van der Waals surface area (Å²) < 4.78 is 4.98. The van der Waals surface area contributed by atoms with E-state index in [2.05, 4.69) is 9.97 Å². The molecule has 1 unspecified atom stereocenters. The molecule has 1 N–H and O–H groups in total. The molecular formula is C11H16N2O2. The maximum atomic E-state index is 9.87. The van der Waals surface area contributed by atoms with Crippen LogP contribution in [-0.4, -0.2) is 22.2 Å². The van der Waals surface area contributed by atoms with E-state index in [1.165, 1.54) is 19.2 Å². The molecule has 0 spiro atoms. The highest BCUT2D eigenvalue weighted by molar-refractivity contribution is 5.15. The van der Waals surface area contributed by atoms with Gasteiger partial charge in [-0.1, -0.05) is 12.8 Å². The fourth-order valence-corrected chi connectivity index (χ4v) is 1.60. The molecule has 0 aliphatic heterocycles. The quantitative estimate of drug-likeness (QED) is 0.800. The first-order valence-electron chi connectivity index (χ1n) is 5.33.